The lowest BCUT2D eigenvalue weighted by atomic mass is 10.1. The van der Waals surface area contributed by atoms with Crippen molar-refractivity contribution in [3.8, 4) is 0 Å². The molecule has 1 aromatic rings. The van der Waals surface area contributed by atoms with Gasteiger partial charge in [0, 0.05) is 25.0 Å². The molecule has 0 atom stereocenters. The number of amides is 1. The van der Waals surface area contributed by atoms with E-state index in [-0.39, 0.29) is 5.91 Å². The molecule has 0 radical (unpaired) electrons. The van der Waals surface area contributed by atoms with Crippen LogP contribution in [0.1, 0.15) is 18.1 Å². The van der Waals surface area contributed by atoms with Crippen molar-refractivity contribution >= 4 is 5.91 Å². The quantitative estimate of drug-likeness (QED) is 0.744. The van der Waals surface area contributed by atoms with Crippen LogP contribution in [0.25, 0.3) is 0 Å². The van der Waals surface area contributed by atoms with Gasteiger partial charge in [-0.1, -0.05) is 25.8 Å². The van der Waals surface area contributed by atoms with E-state index in [9.17, 15) is 4.79 Å². The maximum absolute atomic E-state index is 11.7. The highest BCUT2D eigenvalue weighted by Crippen LogP contribution is 2.18. The van der Waals surface area contributed by atoms with E-state index in [4.69, 9.17) is 0 Å². The van der Waals surface area contributed by atoms with E-state index in [0.717, 1.165) is 11.1 Å². The average molecular weight is 242 g/mol. The zero-order chi connectivity index (χ0) is 13.7. The molecule has 0 unspecified atom stereocenters. The molecular weight excluding hydrogens is 224 g/mol. The molecule has 0 saturated carbocycles. The van der Waals surface area contributed by atoms with E-state index in [0.29, 0.717) is 17.8 Å². The molecule has 0 N–H and O–H groups in total. The minimum Gasteiger partial charge on any atom is -0.308 e. The fourth-order valence-electron chi connectivity index (χ4n) is 1.54. The summed E-state index contributed by atoms with van der Waals surface area (Å²) in [5.74, 6) is -0.0702. The summed E-state index contributed by atoms with van der Waals surface area (Å²) in [4.78, 5) is 17.3. The first-order valence-electron chi connectivity index (χ1n) is 5.65. The maximum Gasteiger partial charge on any atom is 0.224 e. The Bertz CT molecular complexity index is 503. The molecule has 18 heavy (non-hydrogen) atoms. The number of pyridine rings is 1. The Morgan fingerprint density at radius 2 is 2.17 bits per heavy atom. The van der Waals surface area contributed by atoms with Crippen molar-refractivity contribution in [2.24, 2.45) is 0 Å². The molecule has 0 saturated heterocycles. The number of hydrogen-bond acceptors (Lipinski definition) is 2. The summed E-state index contributed by atoms with van der Waals surface area (Å²) < 4.78 is 0. The van der Waals surface area contributed by atoms with E-state index in [1.165, 1.54) is 6.92 Å². The van der Waals surface area contributed by atoms with Crippen LogP contribution in [0, 0.1) is 6.92 Å². The molecule has 3 nitrogen and oxygen atoms in total. The summed E-state index contributed by atoms with van der Waals surface area (Å²) in [6, 6.07) is 1.90. The monoisotopic (exact) mass is 242 g/mol. The molecule has 94 valence electrons. The SMILES string of the molecule is C=CC(=C)C(=C)N(Cc1ccncc1C)C(C)=O. The maximum atomic E-state index is 11.7. The van der Waals surface area contributed by atoms with Gasteiger partial charge in [0.25, 0.3) is 0 Å². The second-order valence-corrected chi connectivity index (χ2v) is 4.08. The third-order valence-electron chi connectivity index (χ3n) is 2.79. The van der Waals surface area contributed by atoms with E-state index >= 15 is 0 Å². The number of nitrogens with zero attached hydrogens (tertiary/aromatic N) is 2. The van der Waals surface area contributed by atoms with Crippen molar-refractivity contribution in [1.82, 2.24) is 9.88 Å². The fourth-order valence-corrected chi connectivity index (χ4v) is 1.54. The predicted molar refractivity (Wildman–Crippen MR) is 73.7 cm³/mol. The molecule has 0 fully saturated rings. The van der Waals surface area contributed by atoms with Gasteiger partial charge in [-0.05, 0) is 29.7 Å². The zero-order valence-electron chi connectivity index (χ0n) is 10.9. The Morgan fingerprint density at radius 3 is 2.67 bits per heavy atom. The lowest BCUT2D eigenvalue weighted by molar-refractivity contribution is -0.127. The largest absolute Gasteiger partial charge is 0.308 e. The van der Waals surface area contributed by atoms with Crippen molar-refractivity contribution in [2.75, 3.05) is 0 Å². The summed E-state index contributed by atoms with van der Waals surface area (Å²) in [6.45, 7) is 15.3. The molecule has 0 aliphatic carbocycles. The van der Waals surface area contributed by atoms with Gasteiger partial charge < -0.3 is 4.90 Å². The van der Waals surface area contributed by atoms with Crippen molar-refractivity contribution in [2.45, 2.75) is 20.4 Å². The van der Waals surface area contributed by atoms with Gasteiger partial charge in [-0.3, -0.25) is 9.78 Å². The van der Waals surface area contributed by atoms with E-state index in [1.807, 2.05) is 13.0 Å². The van der Waals surface area contributed by atoms with Crippen molar-refractivity contribution in [3.63, 3.8) is 0 Å². The van der Waals surface area contributed by atoms with Crippen molar-refractivity contribution in [1.29, 1.82) is 0 Å². The van der Waals surface area contributed by atoms with Crippen LogP contribution in [0.2, 0.25) is 0 Å². The molecule has 1 heterocycles. The first-order valence-corrected chi connectivity index (χ1v) is 5.65. The van der Waals surface area contributed by atoms with Crippen molar-refractivity contribution in [3.05, 3.63) is 66.7 Å². The van der Waals surface area contributed by atoms with Gasteiger partial charge in [-0.25, -0.2) is 0 Å². The Labute approximate surface area is 108 Å². The van der Waals surface area contributed by atoms with Crippen LogP contribution >= 0.6 is 0 Å². The summed E-state index contributed by atoms with van der Waals surface area (Å²) in [6.07, 6.45) is 5.09. The number of allylic oxidation sites excluding steroid dienone is 1. The first-order chi connectivity index (χ1) is 8.47. The van der Waals surface area contributed by atoms with Crippen LogP contribution in [0.5, 0.6) is 0 Å². The molecule has 0 aromatic carbocycles. The lowest BCUT2D eigenvalue weighted by Crippen LogP contribution is -2.27. The van der Waals surface area contributed by atoms with Crippen LogP contribution in [0.15, 0.2) is 55.5 Å². The molecule has 0 aliphatic rings. The third kappa shape index (κ3) is 3.17. The highest BCUT2D eigenvalue weighted by Gasteiger charge is 2.15. The second kappa shape index (κ2) is 5.96. The van der Waals surface area contributed by atoms with Gasteiger partial charge in [-0.2, -0.15) is 0 Å². The number of hydrogen-bond donors (Lipinski definition) is 0. The number of carbonyl (C=O) groups is 1. The minimum absolute atomic E-state index is 0.0702. The Balaban J connectivity index is 2.98. The molecule has 1 aromatic heterocycles. The summed E-state index contributed by atoms with van der Waals surface area (Å²) in [5, 5.41) is 0. The normalized spacial score (nSPS) is 9.67. The first kappa shape index (κ1) is 13.9. The minimum atomic E-state index is -0.0702. The van der Waals surface area contributed by atoms with Crippen LogP contribution in [0.3, 0.4) is 0 Å². The predicted octanol–water partition coefficient (Wildman–Crippen LogP) is 2.99. The Kier molecular flexibility index (Phi) is 4.60. The highest BCUT2D eigenvalue weighted by molar-refractivity contribution is 5.76. The van der Waals surface area contributed by atoms with Crippen LogP contribution < -0.4 is 0 Å². The van der Waals surface area contributed by atoms with Gasteiger partial charge in [0.15, 0.2) is 0 Å². The number of rotatable bonds is 5. The molecular formula is C15H18N2O. The highest BCUT2D eigenvalue weighted by atomic mass is 16.2. The Morgan fingerprint density at radius 1 is 1.50 bits per heavy atom. The topological polar surface area (TPSA) is 33.2 Å². The number of aryl methyl sites for hydroxylation is 1. The fraction of sp³-hybridized carbons (Fsp3) is 0.200. The van der Waals surface area contributed by atoms with Crippen molar-refractivity contribution < 1.29 is 4.79 Å². The van der Waals surface area contributed by atoms with Crippen LogP contribution in [-0.4, -0.2) is 15.8 Å². The summed E-state index contributed by atoms with van der Waals surface area (Å²) in [5.41, 5.74) is 3.31. The zero-order valence-corrected chi connectivity index (χ0v) is 10.9. The van der Waals surface area contributed by atoms with Crippen LogP contribution in [0.4, 0.5) is 0 Å². The smallest absolute Gasteiger partial charge is 0.224 e. The molecule has 0 spiro atoms. The average Bonchev–Trinajstić information content (AvgIpc) is 2.35. The standard InChI is InChI=1S/C15H18N2O/c1-6-11(2)13(4)17(14(5)18)10-15-7-8-16-9-12(15)3/h6-9H,1-2,4,10H2,3,5H3. The molecule has 0 bridgehead atoms. The summed E-state index contributed by atoms with van der Waals surface area (Å²) in [7, 11) is 0. The van der Waals surface area contributed by atoms with Crippen LogP contribution in [-0.2, 0) is 11.3 Å². The van der Waals surface area contributed by atoms with Gasteiger partial charge in [0.1, 0.15) is 0 Å². The van der Waals surface area contributed by atoms with Gasteiger partial charge in [0.05, 0.1) is 6.54 Å². The van der Waals surface area contributed by atoms with Gasteiger partial charge in [-0.15, -0.1) is 0 Å². The molecule has 3 heteroatoms. The van der Waals surface area contributed by atoms with Gasteiger partial charge in [0.2, 0.25) is 5.91 Å². The molecule has 0 aliphatic heterocycles. The Hall–Kier alpha value is -2.16. The number of aromatic nitrogens is 1. The van der Waals surface area contributed by atoms with E-state index in [1.54, 1.807) is 23.4 Å². The van der Waals surface area contributed by atoms with E-state index < -0.39 is 0 Å². The third-order valence-corrected chi connectivity index (χ3v) is 2.79. The second-order valence-electron chi connectivity index (χ2n) is 4.08. The van der Waals surface area contributed by atoms with E-state index in [2.05, 4.69) is 24.7 Å². The lowest BCUT2D eigenvalue weighted by Gasteiger charge is -2.24. The summed E-state index contributed by atoms with van der Waals surface area (Å²) >= 11 is 0. The molecule has 1 rings (SSSR count). The van der Waals surface area contributed by atoms with Gasteiger partial charge >= 0.3 is 0 Å². The number of carbonyl (C=O) groups excluding carboxylic acids is 1. The molecule has 1 amide bonds.